The van der Waals surface area contributed by atoms with E-state index in [2.05, 4.69) is 17.3 Å². The van der Waals surface area contributed by atoms with Gasteiger partial charge in [0.2, 0.25) is 5.91 Å². The number of hydrogen-bond acceptors (Lipinski definition) is 3. The van der Waals surface area contributed by atoms with Crippen LogP contribution in [0.1, 0.15) is 38.5 Å². The van der Waals surface area contributed by atoms with Gasteiger partial charge in [-0.2, -0.15) is 0 Å². The Balaban J connectivity index is 1.72. The van der Waals surface area contributed by atoms with Crippen molar-refractivity contribution in [2.75, 3.05) is 40.3 Å². The van der Waals surface area contributed by atoms with Crippen molar-refractivity contribution < 1.29 is 4.79 Å². The molecule has 2 aliphatic rings. The van der Waals surface area contributed by atoms with Gasteiger partial charge >= 0.3 is 0 Å². The molecule has 2 rings (SSSR count). The maximum atomic E-state index is 12.4. The number of likely N-dealkylation sites (N-methyl/N-ethyl adjacent to an activating group) is 2. The average molecular weight is 267 g/mol. The minimum absolute atomic E-state index is 0.00453. The molecule has 4 heteroatoms. The van der Waals surface area contributed by atoms with Crippen molar-refractivity contribution >= 4 is 5.91 Å². The van der Waals surface area contributed by atoms with Gasteiger partial charge in [0.25, 0.3) is 0 Å². The lowest BCUT2D eigenvalue weighted by Crippen LogP contribution is -2.56. The molecular formula is C15H29N3O. The van der Waals surface area contributed by atoms with Crippen LogP contribution in [0.25, 0.3) is 0 Å². The van der Waals surface area contributed by atoms with Gasteiger partial charge in [-0.05, 0) is 19.4 Å². The lowest BCUT2D eigenvalue weighted by molar-refractivity contribution is -0.133. The first-order valence-corrected chi connectivity index (χ1v) is 7.83. The molecule has 1 aliphatic heterocycles. The molecule has 0 spiro atoms. The van der Waals surface area contributed by atoms with Crippen molar-refractivity contribution in [2.24, 2.45) is 5.92 Å². The first-order valence-electron chi connectivity index (χ1n) is 7.83. The molecule has 2 fully saturated rings. The zero-order valence-corrected chi connectivity index (χ0v) is 12.5. The minimum atomic E-state index is -0.00453. The summed E-state index contributed by atoms with van der Waals surface area (Å²) in [5.41, 5.74) is 0. The lowest BCUT2D eigenvalue weighted by atomic mass is 9.87. The third-order valence-electron chi connectivity index (χ3n) is 4.65. The Bertz CT molecular complexity index is 289. The molecule has 1 N–H and O–H groups in total. The van der Waals surface area contributed by atoms with Crippen LogP contribution < -0.4 is 5.32 Å². The molecule has 1 unspecified atom stereocenters. The molecule has 19 heavy (non-hydrogen) atoms. The highest BCUT2D eigenvalue weighted by Gasteiger charge is 2.26. The van der Waals surface area contributed by atoms with Crippen molar-refractivity contribution in [2.45, 2.75) is 44.6 Å². The van der Waals surface area contributed by atoms with Gasteiger partial charge < -0.3 is 15.1 Å². The van der Waals surface area contributed by atoms with E-state index in [9.17, 15) is 4.79 Å². The van der Waals surface area contributed by atoms with E-state index in [1.54, 1.807) is 0 Å². The van der Waals surface area contributed by atoms with Crippen LogP contribution in [0.15, 0.2) is 0 Å². The number of hydrogen-bond donors (Lipinski definition) is 1. The summed E-state index contributed by atoms with van der Waals surface area (Å²) in [6, 6.07) is -0.00453. The Kier molecular flexibility index (Phi) is 5.64. The van der Waals surface area contributed by atoms with Gasteiger partial charge in [-0.25, -0.2) is 0 Å². The maximum absolute atomic E-state index is 12.4. The van der Waals surface area contributed by atoms with E-state index < -0.39 is 0 Å². The molecule has 1 saturated carbocycles. The quantitative estimate of drug-likeness (QED) is 0.834. The summed E-state index contributed by atoms with van der Waals surface area (Å²) in [6.45, 7) is 3.72. The molecule has 0 radical (unpaired) electrons. The second-order valence-electron chi connectivity index (χ2n) is 6.32. The van der Waals surface area contributed by atoms with Crippen molar-refractivity contribution in [1.82, 2.24) is 15.1 Å². The fourth-order valence-electron chi connectivity index (χ4n) is 3.29. The van der Waals surface area contributed by atoms with Gasteiger partial charge in [0.05, 0.1) is 6.04 Å². The molecule has 0 aromatic rings. The molecule has 0 bridgehead atoms. The molecule has 1 heterocycles. The predicted molar refractivity (Wildman–Crippen MR) is 78.1 cm³/mol. The maximum Gasteiger partial charge on any atom is 0.240 e. The molecule has 1 atom stereocenters. The second-order valence-corrected chi connectivity index (χ2v) is 6.32. The van der Waals surface area contributed by atoms with E-state index in [0.29, 0.717) is 0 Å². The molecule has 1 aliphatic carbocycles. The predicted octanol–water partition coefficient (Wildman–Crippen LogP) is 1.32. The zero-order valence-electron chi connectivity index (χ0n) is 12.5. The van der Waals surface area contributed by atoms with E-state index in [1.807, 2.05) is 11.9 Å². The number of carbonyl (C=O) groups is 1. The van der Waals surface area contributed by atoms with Gasteiger partial charge in [0.1, 0.15) is 0 Å². The van der Waals surface area contributed by atoms with Gasteiger partial charge in [0.15, 0.2) is 0 Å². The first kappa shape index (κ1) is 14.8. The summed E-state index contributed by atoms with van der Waals surface area (Å²) in [6.07, 6.45) is 8.10. The van der Waals surface area contributed by atoms with Gasteiger partial charge in [-0.1, -0.05) is 32.1 Å². The molecular weight excluding hydrogens is 238 g/mol. The van der Waals surface area contributed by atoms with Crippen molar-refractivity contribution in [1.29, 1.82) is 0 Å². The molecule has 0 aromatic carbocycles. The molecule has 1 amide bonds. The fourth-order valence-corrected chi connectivity index (χ4v) is 3.29. The number of amides is 1. The minimum Gasteiger partial charge on any atom is -0.344 e. The number of nitrogens with zero attached hydrogens (tertiary/aromatic N) is 2. The molecule has 110 valence electrons. The van der Waals surface area contributed by atoms with E-state index in [0.717, 1.165) is 32.1 Å². The zero-order chi connectivity index (χ0) is 13.7. The number of carbonyl (C=O) groups excluding carboxylic acids is 1. The number of rotatable bonds is 4. The molecule has 4 nitrogen and oxygen atoms in total. The van der Waals surface area contributed by atoms with E-state index in [1.165, 1.54) is 38.5 Å². The molecule has 1 saturated heterocycles. The fraction of sp³-hybridized carbons (Fsp3) is 0.933. The van der Waals surface area contributed by atoms with Gasteiger partial charge in [0, 0.05) is 33.2 Å². The lowest BCUT2D eigenvalue weighted by Gasteiger charge is -2.33. The van der Waals surface area contributed by atoms with Crippen LogP contribution in [0.4, 0.5) is 0 Å². The van der Waals surface area contributed by atoms with E-state index in [-0.39, 0.29) is 11.9 Å². The third kappa shape index (κ3) is 4.46. The first-order chi connectivity index (χ1) is 9.16. The highest BCUT2D eigenvalue weighted by atomic mass is 16.2. The van der Waals surface area contributed by atoms with Gasteiger partial charge in [-0.3, -0.25) is 4.79 Å². The summed E-state index contributed by atoms with van der Waals surface area (Å²) in [4.78, 5) is 16.5. The Morgan fingerprint density at radius 1 is 1.32 bits per heavy atom. The van der Waals surface area contributed by atoms with Crippen LogP contribution in [0.5, 0.6) is 0 Å². The highest BCUT2D eigenvalue weighted by Crippen LogP contribution is 2.26. The van der Waals surface area contributed by atoms with Crippen LogP contribution in [0.3, 0.4) is 0 Å². The summed E-state index contributed by atoms with van der Waals surface area (Å²) >= 11 is 0. The standard InChI is InChI=1S/C15H29N3O/c1-17-11-9-16-14(12-17)15(19)18(2)10-8-13-6-4-3-5-7-13/h13-14,16H,3-12H2,1-2H3. The number of nitrogens with one attached hydrogen (secondary N) is 1. The summed E-state index contributed by atoms with van der Waals surface area (Å²) in [5, 5.41) is 3.34. The highest BCUT2D eigenvalue weighted by molar-refractivity contribution is 5.82. The Morgan fingerprint density at radius 3 is 2.74 bits per heavy atom. The summed E-state index contributed by atoms with van der Waals surface area (Å²) in [7, 11) is 4.05. The second kappa shape index (κ2) is 7.25. The van der Waals surface area contributed by atoms with Crippen molar-refractivity contribution in [3.05, 3.63) is 0 Å². The van der Waals surface area contributed by atoms with Crippen LogP contribution in [-0.4, -0.2) is 62.0 Å². The third-order valence-corrected chi connectivity index (χ3v) is 4.65. The topological polar surface area (TPSA) is 35.6 Å². The van der Waals surface area contributed by atoms with Gasteiger partial charge in [-0.15, -0.1) is 0 Å². The Hall–Kier alpha value is -0.610. The molecule has 0 aromatic heterocycles. The smallest absolute Gasteiger partial charge is 0.240 e. The van der Waals surface area contributed by atoms with Crippen molar-refractivity contribution in [3.63, 3.8) is 0 Å². The van der Waals surface area contributed by atoms with Crippen LogP contribution in [-0.2, 0) is 4.79 Å². The monoisotopic (exact) mass is 267 g/mol. The van der Waals surface area contributed by atoms with Crippen molar-refractivity contribution in [3.8, 4) is 0 Å². The van der Waals surface area contributed by atoms with Crippen LogP contribution in [0, 0.1) is 5.92 Å². The SMILES string of the molecule is CN1CCNC(C(=O)N(C)CCC2CCCCC2)C1. The summed E-state index contributed by atoms with van der Waals surface area (Å²) in [5.74, 6) is 1.12. The number of piperazine rings is 1. The largest absolute Gasteiger partial charge is 0.344 e. The Morgan fingerprint density at radius 2 is 2.05 bits per heavy atom. The van der Waals surface area contributed by atoms with Crippen LogP contribution >= 0.6 is 0 Å². The normalized spacial score (nSPS) is 26.3. The van der Waals surface area contributed by atoms with E-state index >= 15 is 0 Å². The van der Waals surface area contributed by atoms with Crippen LogP contribution in [0.2, 0.25) is 0 Å². The van der Waals surface area contributed by atoms with E-state index in [4.69, 9.17) is 0 Å². The Labute approximate surface area is 117 Å². The summed E-state index contributed by atoms with van der Waals surface area (Å²) < 4.78 is 0. The average Bonchev–Trinajstić information content (AvgIpc) is 2.45.